The summed E-state index contributed by atoms with van der Waals surface area (Å²) in [5.41, 5.74) is 0.824. The summed E-state index contributed by atoms with van der Waals surface area (Å²) >= 11 is 0. The zero-order valence-electron chi connectivity index (χ0n) is 23.0. The molecule has 0 aliphatic carbocycles. The Morgan fingerprint density at radius 2 is 1.73 bits per heavy atom. The number of fused-ring (bicyclic) bond motifs is 1. The molecule has 0 unspecified atom stereocenters. The minimum Gasteiger partial charge on any atom is -0.488 e. The molecular formula is C29H33FN4O6S. The lowest BCUT2D eigenvalue weighted by Crippen LogP contribution is -2.50. The molecule has 0 saturated carbocycles. The normalized spacial score (nSPS) is 18.1. The SMILES string of the molecule is C[C@H](CO)N1C[C@H](C)[C@H](CN(C)S(=O)(=O)c2ccccc2)Oc2ccc(NC(=O)Nc3ccc(F)cc3)cc2C1=O. The number of sulfonamides is 1. The number of nitrogens with one attached hydrogen (secondary N) is 2. The minimum atomic E-state index is -3.80. The van der Waals surface area contributed by atoms with E-state index in [9.17, 15) is 27.5 Å². The van der Waals surface area contributed by atoms with E-state index in [0.29, 0.717) is 11.4 Å². The zero-order chi connectivity index (χ0) is 29.7. The fourth-order valence-electron chi connectivity index (χ4n) is 4.47. The van der Waals surface area contributed by atoms with Crippen LogP contribution in [-0.2, 0) is 10.0 Å². The van der Waals surface area contributed by atoms with Gasteiger partial charge in [-0.2, -0.15) is 4.31 Å². The number of benzene rings is 3. The number of rotatable bonds is 8. The third kappa shape index (κ3) is 7.02. The summed E-state index contributed by atoms with van der Waals surface area (Å²) < 4.78 is 47.0. The molecule has 3 atom stereocenters. The van der Waals surface area contributed by atoms with Crippen LogP contribution < -0.4 is 15.4 Å². The van der Waals surface area contributed by atoms with Gasteiger partial charge in [0.15, 0.2) is 0 Å². The van der Waals surface area contributed by atoms with Crippen LogP contribution in [0.4, 0.5) is 20.6 Å². The van der Waals surface area contributed by atoms with E-state index in [1.165, 1.54) is 58.7 Å². The number of amides is 3. The van der Waals surface area contributed by atoms with Gasteiger partial charge in [0.25, 0.3) is 5.91 Å². The average Bonchev–Trinajstić information content (AvgIpc) is 2.96. The summed E-state index contributed by atoms with van der Waals surface area (Å²) in [6, 6.07) is 16.8. The number of ether oxygens (including phenoxy) is 1. The summed E-state index contributed by atoms with van der Waals surface area (Å²) in [6.45, 7) is 3.50. The highest BCUT2D eigenvalue weighted by atomic mass is 32.2. The van der Waals surface area contributed by atoms with E-state index < -0.39 is 39.9 Å². The number of halogens is 1. The summed E-state index contributed by atoms with van der Waals surface area (Å²) in [6.07, 6.45) is -0.640. The maximum atomic E-state index is 13.6. The molecule has 4 rings (SSSR count). The molecule has 0 aromatic heterocycles. The molecule has 0 saturated heterocycles. The molecule has 10 nitrogen and oxygen atoms in total. The Kier molecular flexibility index (Phi) is 9.26. The van der Waals surface area contributed by atoms with Crippen molar-refractivity contribution in [2.45, 2.75) is 30.9 Å². The molecule has 0 fully saturated rings. The molecule has 1 heterocycles. The van der Waals surface area contributed by atoms with E-state index in [0.717, 1.165) is 0 Å². The van der Waals surface area contributed by atoms with Gasteiger partial charge in [-0.3, -0.25) is 4.79 Å². The molecular weight excluding hydrogens is 551 g/mol. The number of carbonyl (C=O) groups is 2. The molecule has 3 N–H and O–H groups in total. The third-order valence-electron chi connectivity index (χ3n) is 6.91. The van der Waals surface area contributed by atoms with Crippen LogP contribution in [-0.4, -0.2) is 73.6 Å². The Balaban J connectivity index is 1.61. The molecule has 3 aromatic carbocycles. The maximum Gasteiger partial charge on any atom is 0.323 e. The van der Waals surface area contributed by atoms with Crippen LogP contribution in [0, 0.1) is 11.7 Å². The molecule has 41 heavy (non-hydrogen) atoms. The van der Waals surface area contributed by atoms with Crippen molar-refractivity contribution in [1.29, 1.82) is 0 Å². The molecule has 12 heteroatoms. The van der Waals surface area contributed by atoms with Gasteiger partial charge in [-0.25, -0.2) is 17.6 Å². The van der Waals surface area contributed by atoms with Crippen molar-refractivity contribution < 1.29 is 32.2 Å². The van der Waals surface area contributed by atoms with Gasteiger partial charge < -0.3 is 25.4 Å². The summed E-state index contributed by atoms with van der Waals surface area (Å²) in [4.78, 5) is 27.9. The van der Waals surface area contributed by atoms with Crippen LogP contribution in [0.15, 0.2) is 77.7 Å². The van der Waals surface area contributed by atoms with Crippen LogP contribution in [0.5, 0.6) is 5.75 Å². The lowest BCUT2D eigenvalue weighted by atomic mass is 9.99. The van der Waals surface area contributed by atoms with E-state index in [-0.39, 0.29) is 41.8 Å². The van der Waals surface area contributed by atoms with Crippen molar-refractivity contribution in [1.82, 2.24) is 9.21 Å². The topological polar surface area (TPSA) is 128 Å². The van der Waals surface area contributed by atoms with Gasteiger partial charge in [0.05, 0.1) is 29.7 Å². The van der Waals surface area contributed by atoms with E-state index in [1.807, 2.05) is 6.92 Å². The van der Waals surface area contributed by atoms with Crippen molar-refractivity contribution >= 4 is 33.3 Å². The number of hydrogen-bond acceptors (Lipinski definition) is 6. The lowest BCUT2D eigenvalue weighted by molar-refractivity contribution is 0.0387. The number of anilines is 2. The van der Waals surface area contributed by atoms with Gasteiger partial charge in [-0.05, 0) is 61.5 Å². The molecule has 218 valence electrons. The molecule has 0 radical (unpaired) electrons. The monoisotopic (exact) mass is 584 g/mol. The Bertz CT molecular complexity index is 1490. The van der Waals surface area contributed by atoms with Crippen LogP contribution in [0.2, 0.25) is 0 Å². The number of hydrogen-bond donors (Lipinski definition) is 3. The van der Waals surface area contributed by atoms with Gasteiger partial charge in [0.1, 0.15) is 17.7 Å². The van der Waals surface area contributed by atoms with Gasteiger partial charge in [-0.1, -0.05) is 25.1 Å². The van der Waals surface area contributed by atoms with Gasteiger partial charge >= 0.3 is 6.03 Å². The number of likely N-dealkylation sites (N-methyl/N-ethyl adjacent to an activating group) is 1. The van der Waals surface area contributed by atoms with Gasteiger partial charge in [-0.15, -0.1) is 0 Å². The molecule has 3 aromatic rings. The largest absolute Gasteiger partial charge is 0.488 e. The molecule has 1 aliphatic rings. The Morgan fingerprint density at radius 3 is 2.39 bits per heavy atom. The zero-order valence-corrected chi connectivity index (χ0v) is 23.8. The maximum absolute atomic E-state index is 13.6. The van der Waals surface area contributed by atoms with Crippen LogP contribution in [0.3, 0.4) is 0 Å². The van der Waals surface area contributed by atoms with Crippen LogP contribution in [0.25, 0.3) is 0 Å². The van der Waals surface area contributed by atoms with E-state index in [4.69, 9.17) is 4.74 Å². The summed E-state index contributed by atoms with van der Waals surface area (Å²) in [5, 5.41) is 15.1. The molecule has 1 aliphatic heterocycles. The quantitative estimate of drug-likeness (QED) is 0.367. The highest BCUT2D eigenvalue weighted by Crippen LogP contribution is 2.31. The first-order valence-corrected chi connectivity index (χ1v) is 14.5. The number of urea groups is 1. The number of carbonyl (C=O) groups excluding carboxylic acids is 2. The van der Waals surface area contributed by atoms with Crippen molar-refractivity contribution in [2.24, 2.45) is 5.92 Å². The Labute approximate surface area is 238 Å². The highest BCUT2D eigenvalue weighted by molar-refractivity contribution is 7.89. The van der Waals surface area contributed by atoms with Crippen molar-refractivity contribution in [3.8, 4) is 5.75 Å². The van der Waals surface area contributed by atoms with Gasteiger partial charge in [0.2, 0.25) is 10.0 Å². The van der Waals surface area contributed by atoms with E-state index in [2.05, 4.69) is 10.6 Å². The predicted octanol–water partition coefficient (Wildman–Crippen LogP) is 4.01. The second-order valence-corrected chi connectivity index (χ2v) is 12.1. The Hall–Kier alpha value is -4.00. The Morgan fingerprint density at radius 1 is 1.10 bits per heavy atom. The van der Waals surface area contributed by atoms with Crippen molar-refractivity contribution in [3.05, 3.63) is 84.2 Å². The minimum absolute atomic E-state index is 0.00739. The molecule has 3 amide bonds. The fraction of sp³-hybridized carbons (Fsp3) is 0.310. The third-order valence-corrected chi connectivity index (χ3v) is 8.75. The summed E-state index contributed by atoms with van der Waals surface area (Å²) in [7, 11) is -2.32. The van der Waals surface area contributed by atoms with Gasteiger partial charge in [0, 0.05) is 30.9 Å². The summed E-state index contributed by atoms with van der Waals surface area (Å²) in [5.74, 6) is -0.917. The van der Waals surface area contributed by atoms with Crippen molar-refractivity contribution in [2.75, 3.05) is 37.4 Å². The van der Waals surface area contributed by atoms with Crippen LogP contribution in [0.1, 0.15) is 24.2 Å². The second kappa shape index (κ2) is 12.7. The first kappa shape index (κ1) is 30.0. The number of nitrogens with zero attached hydrogens (tertiary/aromatic N) is 2. The number of aliphatic hydroxyl groups is 1. The van der Waals surface area contributed by atoms with E-state index >= 15 is 0 Å². The first-order valence-electron chi connectivity index (χ1n) is 13.1. The lowest BCUT2D eigenvalue weighted by Gasteiger charge is -2.38. The first-order chi connectivity index (χ1) is 19.5. The van der Waals surface area contributed by atoms with Crippen LogP contribution >= 0.6 is 0 Å². The number of aliphatic hydroxyl groups excluding tert-OH is 1. The van der Waals surface area contributed by atoms with E-state index in [1.54, 1.807) is 37.3 Å². The molecule has 0 bridgehead atoms. The fourth-order valence-corrected chi connectivity index (χ4v) is 5.67. The predicted molar refractivity (Wildman–Crippen MR) is 153 cm³/mol. The standard InChI is InChI=1S/C29H33FN4O6S/c1-19-16-34(20(2)18-35)28(36)25-15-23(32-29(37)31-22-11-9-21(30)10-12-22)13-14-26(25)40-27(19)17-33(3)41(38,39)24-7-5-4-6-8-24/h4-15,19-20,27,35H,16-18H2,1-3H3,(H2,31,32,37)/t19-,20+,27-/m0/s1. The smallest absolute Gasteiger partial charge is 0.323 e. The average molecular weight is 585 g/mol. The van der Waals surface area contributed by atoms with Crippen molar-refractivity contribution in [3.63, 3.8) is 0 Å². The highest BCUT2D eigenvalue weighted by Gasteiger charge is 2.35. The molecule has 0 spiro atoms. The second-order valence-electron chi connectivity index (χ2n) is 10.0.